The maximum absolute atomic E-state index is 5.46. The highest BCUT2D eigenvalue weighted by atomic mass is 16.5. The van der Waals surface area contributed by atoms with Gasteiger partial charge in [-0.05, 0) is 26.7 Å². The molecule has 1 fully saturated rings. The first-order valence-electron chi connectivity index (χ1n) is 6.59. The lowest BCUT2D eigenvalue weighted by molar-refractivity contribution is 0.0891. The van der Waals surface area contributed by atoms with E-state index in [1.807, 2.05) is 13.1 Å². The van der Waals surface area contributed by atoms with E-state index in [2.05, 4.69) is 27.1 Å². The summed E-state index contributed by atoms with van der Waals surface area (Å²) in [5, 5.41) is 3.16. The quantitative estimate of drug-likeness (QED) is 0.883. The summed E-state index contributed by atoms with van der Waals surface area (Å²) in [4.78, 5) is 11.2. The van der Waals surface area contributed by atoms with E-state index in [-0.39, 0.29) is 0 Å². The zero-order valence-electron chi connectivity index (χ0n) is 11.4. The van der Waals surface area contributed by atoms with Crippen LogP contribution in [-0.4, -0.2) is 42.8 Å². The van der Waals surface area contributed by atoms with Gasteiger partial charge in [-0.25, -0.2) is 4.98 Å². The van der Waals surface area contributed by atoms with Gasteiger partial charge in [0.15, 0.2) is 0 Å². The number of ether oxygens (including phenoxy) is 1. The van der Waals surface area contributed by atoms with Crippen molar-refractivity contribution in [2.75, 3.05) is 37.0 Å². The van der Waals surface area contributed by atoms with Gasteiger partial charge in [0.25, 0.3) is 0 Å². The van der Waals surface area contributed by atoms with E-state index < -0.39 is 0 Å². The van der Waals surface area contributed by atoms with Crippen molar-refractivity contribution in [1.29, 1.82) is 0 Å². The summed E-state index contributed by atoms with van der Waals surface area (Å²) in [6.45, 7) is 6.90. The van der Waals surface area contributed by atoms with Crippen LogP contribution in [0.2, 0.25) is 0 Å². The second kappa shape index (κ2) is 6.00. The molecule has 5 heteroatoms. The molecule has 0 amide bonds. The lowest BCUT2D eigenvalue weighted by Crippen LogP contribution is -2.40. The molecule has 5 nitrogen and oxygen atoms in total. The second-order valence-electron chi connectivity index (χ2n) is 4.68. The highest BCUT2D eigenvalue weighted by Gasteiger charge is 2.22. The summed E-state index contributed by atoms with van der Waals surface area (Å²) in [6, 6.07) is 0. The van der Waals surface area contributed by atoms with Crippen LogP contribution in [0.5, 0.6) is 0 Å². The third-order valence-electron chi connectivity index (χ3n) is 3.29. The molecule has 1 aromatic rings. The minimum atomic E-state index is 0.315. The van der Waals surface area contributed by atoms with Crippen LogP contribution in [0.3, 0.4) is 0 Å². The van der Waals surface area contributed by atoms with Gasteiger partial charge in [-0.3, -0.25) is 0 Å². The first kappa shape index (κ1) is 13.1. The van der Waals surface area contributed by atoms with Crippen molar-refractivity contribution in [2.45, 2.75) is 32.8 Å². The van der Waals surface area contributed by atoms with Gasteiger partial charge in [-0.1, -0.05) is 0 Å². The van der Waals surface area contributed by atoms with Crippen molar-refractivity contribution in [1.82, 2.24) is 9.97 Å². The zero-order chi connectivity index (χ0) is 13.0. The fraction of sp³-hybridized carbons (Fsp3) is 0.692. The first-order valence-corrected chi connectivity index (χ1v) is 6.59. The lowest BCUT2D eigenvalue weighted by Gasteiger charge is -2.33. The van der Waals surface area contributed by atoms with Crippen LogP contribution < -0.4 is 10.2 Å². The summed E-state index contributed by atoms with van der Waals surface area (Å²) in [7, 11) is 1.78. The minimum Gasteiger partial charge on any atom is -0.380 e. The number of hydrogen-bond donors (Lipinski definition) is 1. The van der Waals surface area contributed by atoms with Crippen molar-refractivity contribution in [3.05, 3.63) is 11.8 Å². The number of methoxy groups -OCH3 is 1. The Morgan fingerprint density at radius 2 is 2.39 bits per heavy atom. The van der Waals surface area contributed by atoms with Gasteiger partial charge >= 0.3 is 0 Å². The number of aromatic nitrogens is 2. The molecule has 2 rings (SSSR count). The highest BCUT2D eigenvalue weighted by molar-refractivity contribution is 5.49. The largest absolute Gasteiger partial charge is 0.380 e. The molecule has 1 unspecified atom stereocenters. The molecule has 1 N–H and O–H groups in total. The minimum absolute atomic E-state index is 0.315. The standard InChI is InChI=1S/C13H22N4O/c1-4-14-13-15-8-10(2)12(16-13)17-7-5-6-11(9-17)18-3/h8,11H,4-7,9H2,1-3H3,(H,14,15,16). The highest BCUT2D eigenvalue weighted by Crippen LogP contribution is 2.23. The number of nitrogens with zero attached hydrogens (tertiary/aromatic N) is 3. The summed E-state index contributed by atoms with van der Waals surface area (Å²) >= 11 is 0. The van der Waals surface area contributed by atoms with E-state index in [9.17, 15) is 0 Å². The second-order valence-corrected chi connectivity index (χ2v) is 4.68. The summed E-state index contributed by atoms with van der Waals surface area (Å²) < 4.78 is 5.46. The van der Waals surface area contributed by atoms with Gasteiger partial charge < -0.3 is 15.0 Å². The number of piperidine rings is 1. The Labute approximate surface area is 109 Å². The van der Waals surface area contributed by atoms with Gasteiger partial charge in [0.05, 0.1) is 6.10 Å². The molecule has 0 bridgehead atoms. The Kier molecular flexibility index (Phi) is 4.36. The normalized spacial score (nSPS) is 19.9. The van der Waals surface area contributed by atoms with Gasteiger partial charge in [0.1, 0.15) is 5.82 Å². The molecule has 0 saturated carbocycles. The Morgan fingerprint density at radius 1 is 1.56 bits per heavy atom. The molecule has 0 radical (unpaired) electrons. The fourth-order valence-electron chi connectivity index (χ4n) is 2.32. The molecule has 0 spiro atoms. The Bertz CT molecular complexity index is 397. The molecule has 1 aliphatic heterocycles. The summed E-state index contributed by atoms with van der Waals surface area (Å²) in [6.07, 6.45) is 4.49. The van der Waals surface area contributed by atoms with Crippen LogP contribution in [0.25, 0.3) is 0 Å². The van der Waals surface area contributed by atoms with Gasteiger partial charge in [-0.2, -0.15) is 4.98 Å². The molecule has 100 valence electrons. The average molecular weight is 250 g/mol. The van der Waals surface area contributed by atoms with Crippen LogP contribution in [-0.2, 0) is 4.74 Å². The van der Waals surface area contributed by atoms with Crippen molar-refractivity contribution >= 4 is 11.8 Å². The molecule has 0 aliphatic carbocycles. The summed E-state index contributed by atoms with van der Waals surface area (Å²) in [5.74, 6) is 1.74. The predicted molar refractivity (Wildman–Crippen MR) is 73.2 cm³/mol. The first-order chi connectivity index (χ1) is 8.74. The van der Waals surface area contributed by atoms with E-state index in [0.29, 0.717) is 12.1 Å². The van der Waals surface area contributed by atoms with Gasteiger partial charge in [0.2, 0.25) is 5.95 Å². The van der Waals surface area contributed by atoms with Gasteiger partial charge in [-0.15, -0.1) is 0 Å². The third-order valence-corrected chi connectivity index (χ3v) is 3.29. The molecule has 1 aromatic heterocycles. The SMILES string of the molecule is CCNc1ncc(C)c(N2CCCC(OC)C2)n1. The molecular weight excluding hydrogens is 228 g/mol. The van der Waals surface area contributed by atoms with Crippen LogP contribution in [0.4, 0.5) is 11.8 Å². The number of aryl methyl sites for hydroxylation is 1. The molecule has 18 heavy (non-hydrogen) atoms. The van der Waals surface area contributed by atoms with Crippen LogP contribution >= 0.6 is 0 Å². The van der Waals surface area contributed by atoms with Crippen molar-refractivity contribution in [3.63, 3.8) is 0 Å². The van der Waals surface area contributed by atoms with Crippen LogP contribution in [0.1, 0.15) is 25.3 Å². The van der Waals surface area contributed by atoms with E-state index in [0.717, 1.165) is 43.9 Å². The van der Waals surface area contributed by atoms with Crippen LogP contribution in [0, 0.1) is 6.92 Å². The Balaban J connectivity index is 2.17. The molecule has 2 heterocycles. The number of nitrogens with one attached hydrogen (secondary N) is 1. The van der Waals surface area contributed by atoms with E-state index in [1.54, 1.807) is 7.11 Å². The predicted octanol–water partition coefficient (Wildman–Crippen LogP) is 1.83. The topological polar surface area (TPSA) is 50.3 Å². The average Bonchev–Trinajstić information content (AvgIpc) is 2.41. The number of rotatable bonds is 4. The Morgan fingerprint density at radius 3 is 3.11 bits per heavy atom. The lowest BCUT2D eigenvalue weighted by atomic mass is 10.1. The maximum atomic E-state index is 5.46. The van der Waals surface area contributed by atoms with Crippen molar-refractivity contribution in [2.24, 2.45) is 0 Å². The molecule has 1 saturated heterocycles. The fourth-order valence-corrected chi connectivity index (χ4v) is 2.32. The molecule has 1 atom stereocenters. The zero-order valence-corrected chi connectivity index (χ0v) is 11.4. The third kappa shape index (κ3) is 2.90. The Hall–Kier alpha value is -1.36. The van der Waals surface area contributed by atoms with E-state index in [1.165, 1.54) is 0 Å². The van der Waals surface area contributed by atoms with Crippen LogP contribution in [0.15, 0.2) is 6.20 Å². The summed E-state index contributed by atoms with van der Waals surface area (Å²) in [5.41, 5.74) is 1.12. The molecule has 1 aliphatic rings. The number of anilines is 2. The monoisotopic (exact) mass is 250 g/mol. The maximum Gasteiger partial charge on any atom is 0.224 e. The molecule has 0 aromatic carbocycles. The smallest absolute Gasteiger partial charge is 0.224 e. The molecular formula is C13H22N4O. The van der Waals surface area contributed by atoms with Crippen molar-refractivity contribution < 1.29 is 4.74 Å². The van der Waals surface area contributed by atoms with Crippen molar-refractivity contribution in [3.8, 4) is 0 Å². The van der Waals surface area contributed by atoms with Gasteiger partial charge in [0, 0.05) is 38.5 Å². The van der Waals surface area contributed by atoms with E-state index in [4.69, 9.17) is 4.74 Å². The number of hydrogen-bond acceptors (Lipinski definition) is 5. The van der Waals surface area contributed by atoms with E-state index >= 15 is 0 Å².